The first kappa shape index (κ1) is 39.5. The van der Waals surface area contributed by atoms with Crippen LogP contribution in [0.3, 0.4) is 0 Å². The highest BCUT2D eigenvalue weighted by molar-refractivity contribution is 5.95. The third-order valence-electron chi connectivity index (χ3n) is 9.34. The zero-order chi connectivity index (χ0) is 33.2. The molecule has 0 aromatic heterocycles. The van der Waals surface area contributed by atoms with Gasteiger partial charge in [0.25, 0.3) is 0 Å². The number of phenols is 3. The van der Waals surface area contributed by atoms with Gasteiger partial charge in [0.1, 0.15) is 5.56 Å². The second kappa shape index (κ2) is 25.4. The van der Waals surface area contributed by atoms with Crippen LogP contribution in [0, 0.1) is 0 Å². The van der Waals surface area contributed by atoms with E-state index in [0.717, 1.165) is 31.2 Å². The smallest absolute Gasteiger partial charge is 0.347 e. The normalized spacial score (nSPS) is 11.3. The van der Waals surface area contributed by atoms with Gasteiger partial charge in [-0.05, 0) is 48.9 Å². The fourth-order valence-corrected chi connectivity index (χ4v) is 6.31. The molecule has 0 aliphatic carbocycles. The first-order valence-electron chi connectivity index (χ1n) is 19.1. The van der Waals surface area contributed by atoms with E-state index in [4.69, 9.17) is 4.74 Å². The van der Waals surface area contributed by atoms with Crippen LogP contribution < -0.4 is 4.74 Å². The lowest BCUT2D eigenvalue weighted by Gasteiger charge is -2.13. The van der Waals surface area contributed by atoms with Gasteiger partial charge in [0.15, 0.2) is 23.0 Å². The van der Waals surface area contributed by atoms with E-state index in [1.807, 2.05) is 6.07 Å². The van der Waals surface area contributed by atoms with Crippen LogP contribution in [0.1, 0.15) is 189 Å². The molecular weight excluding hydrogens is 572 g/mol. The number of hydrogen-bond donors (Lipinski definition) is 3. The third-order valence-corrected chi connectivity index (χ3v) is 9.34. The molecule has 0 fully saturated rings. The van der Waals surface area contributed by atoms with Crippen LogP contribution in [-0.2, 0) is 12.8 Å². The number of ether oxygens (including phenoxy) is 1. The summed E-state index contributed by atoms with van der Waals surface area (Å²) in [5, 5.41) is 32.0. The maximum absolute atomic E-state index is 12.9. The van der Waals surface area contributed by atoms with E-state index in [1.54, 1.807) is 18.2 Å². The molecule has 5 nitrogen and oxygen atoms in total. The summed E-state index contributed by atoms with van der Waals surface area (Å²) in [6.45, 7) is 4.51. The van der Waals surface area contributed by atoms with Crippen molar-refractivity contribution in [3.8, 4) is 23.0 Å². The highest BCUT2D eigenvalue weighted by Crippen LogP contribution is 2.36. The van der Waals surface area contributed by atoms with Crippen molar-refractivity contribution < 1.29 is 24.9 Å². The van der Waals surface area contributed by atoms with Crippen molar-refractivity contribution in [3.05, 3.63) is 47.0 Å². The van der Waals surface area contributed by atoms with E-state index < -0.39 is 11.7 Å². The Hall–Kier alpha value is -2.69. The number of esters is 1. The summed E-state index contributed by atoms with van der Waals surface area (Å²) >= 11 is 0. The van der Waals surface area contributed by atoms with Crippen LogP contribution in [0.5, 0.6) is 23.0 Å². The Kier molecular flexibility index (Phi) is 21.8. The summed E-state index contributed by atoms with van der Waals surface area (Å²) in [7, 11) is 0. The highest BCUT2D eigenvalue weighted by Gasteiger charge is 2.21. The summed E-state index contributed by atoms with van der Waals surface area (Å²) in [5.74, 6) is -1.49. The number of rotatable bonds is 28. The third kappa shape index (κ3) is 16.2. The van der Waals surface area contributed by atoms with Crippen molar-refractivity contribution in [1.29, 1.82) is 0 Å². The van der Waals surface area contributed by atoms with Crippen molar-refractivity contribution >= 4 is 5.97 Å². The van der Waals surface area contributed by atoms with Crippen LogP contribution in [0.2, 0.25) is 0 Å². The zero-order valence-corrected chi connectivity index (χ0v) is 29.4. The molecule has 0 saturated carbocycles. The van der Waals surface area contributed by atoms with Crippen molar-refractivity contribution in [3.63, 3.8) is 0 Å². The zero-order valence-electron chi connectivity index (χ0n) is 29.4. The summed E-state index contributed by atoms with van der Waals surface area (Å²) in [4.78, 5) is 12.9. The number of hydrogen-bond acceptors (Lipinski definition) is 5. The largest absolute Gasteiger partial charge is 0.504 e. The molecular formula is C41H66O5. The fraction of sp³-hybridized carbons (Fsp3) is 0.683. The number of aromatic hydroxyl groups is 3. The van der Waals surface area contributed by atoms with Crippen LogP contribution in [0.15, 0.2) is 30.3 Å². The average Bonchev–Trinajstić information content (AvgIpc) is 3.05. The van der Waals surface area contributed by atoms with Gasteiger partial charge in [-0.3, -0.25) is 0 Å². The molecule has 0 heterocycles. The van der Waals surface area contributed by atoms with Gasteiger partial charge in [0, 0.05) is 0 Å². The number of carbonyl (C=O) groups excluding carboxylic acids is 1. The molecule has 0 saturated heterocycles. The molecule has 0 unspecified atom stereocenters. The van der Waals surface area contributed by atoms with Crippen LogP contribution >= 0.6 is 0 Å². The number of phenolic OH excluding ortho intramolecular Hbond substituents is 3. The summed E-state index contributed by atoms with van der Waals surface area (Å²) in [5.41, 5.74) is 1.28. The Morgan fingerprint density at radius 2 is 0.870 bits per heavy atom. The maximum Gasteiger partial charge on any atom is 0.347 e. The summed E-state index contributed by atoms with van der Waals surface area (Å²) < 4.78 is 5.48. The number of carbonyl (C=O) groups is 1. The van der Waals surface area contributed by atoms with Gasteiger partial charge in [0.2, 0.25) is 0 Å². The van der Waals surface area contributed by atoms with Gasteiger partial charge in [-0.1, -0.05) is 173 Å². The number of benzene rings is 2. The lowest BCUT2D eigenvalue weighted by Crippen LogP contribution is -2.09. The molecule has 0 spiro atoms. The van der Waals surface area contributed by atoms with E-state index >= 15 is 0 Å². The van der Waals surface area contributed by atoms with Crippen molar-refractivity contribution in [2.24, 2.45) is 0 Å². The molecule has 2 aromatic carbocycles. The second-order valence-corrected chi connectivity index (χ2v) is 13.4. The SMILES string of the molecule is CCCCCCCCCCCCCCc1cccc(OC(=O)c2ccc(CCCCCCCCCCCCCC)c(O)c2O)c1O. The summed E-state index contributed by atoms with van der Waals surface area (Å²) in [6.07, 6.45) is 31.8. The monoisotopic (exact) mass is 638 g/mol. The highest BCUT2D eigenvalue weighted by atomic mass is 16.5. The maximum atomic E-state index is 12.9. The first-order valence-corrected chi connectivity index (χ1v) is 19.1. The molecule has 2 aromatic rings. The van der Waals surface area contributed by atoms with Gasteiger partial charge in [-0.2, -0.15) is 0 Å². The van der Waals surface area contributed by atoms with Gasteiger partial charge in [-0.15, -0.1) is 0 Å². The number of para-hydroxylation sites is 1. The quantitative estimate of drug-likeness (QED) is 0.0373. The Balaban J connectivity index is 1.68. The number of aryl methyl sites for hydroxylation is 2. The van der Waals surface area contributed by atoms with E-state index in [1.165, 1.54) is 134 Å². The molecule has 0 radical (unpaired) electrons. The van der Waals surface area contributed by atoms with Crippen molar-refractivity contribution in [2.45, 2.75) is 181 Å². The Labute approximate surface area is 281 Å². The fourth-order valence-electron chi connectivity index (χ4n) is 6.31. The Morgan fingerprint density at radius 3 is 1.30 bits per heavy atom. The number of unbranched alkanes of at least 4 members (excludes halogenated alkanes) is 22. The van der Waals surface area contributed by atoms with Crippen LogP contribution in [0.4, 0.5) is 0 Å². The van der Waals surface area contributed by atoms with E-state index in [2.05, 4.69) is 13.8 Å². The average molecular weight is 639 g/mol. The summed E-state index contributed by atoms with van der Waals surface area (Å²) in [6, 6.07) is 8.37. The predicted octanol–water partition coefficient (Wildman–Crippen LogP) is 12.5. The minimum absolute atomic E-state index is 0.0359. The van der Waals surface area contributed by atoms with Crippen molar-refractivity contribution in [1.82, 2.24) is 0 Å². The molecule has 0 bridgehead atoms. The van der Waals surface area contributed by atoms with E-state index in [9.17, 15) is 20.1 Å². The van der Waals surface area contributed by atoms with Crippen LogP contribution in [-0.4, -0.2) is 21.3 Å². The van der Waals surface area contributed by atoms with Gasteiger partial charge in [0.05, 0.1) is 0 Å². The first-order chi connectivity index (χ1) is 22.5. The lowest BCUT2D eigenvalue weighted by atomic mass is 10.0. The Bertz CT molecular complexity index is 1080. The van der Waals surface area contributed by atoms with E-state index in [-0.39, 0.29) is 22.8 Å². The molecule has 0 aliphatic rings. The van der Waals surface area contributed by atoms with Crippen molar-refractivity contribution in [2.75, 3.05) is 0 Å². The molecule has 260 valence electrons. The molecule has 46 heavy (non-hydrogen) atoms. The van der Waals surface area contributed by atoms with Gasteiger partial charge >= 0.3 is 5.97 Å². The van der Waals surface area contributed by atoms with Crippen LogP contribution in [0.25, 0.3) is 0 Å². The molecule has 5 heteroatoms. The van der Waals surface area contributed by atoms with E-state index in [0.29, 0.717) is 18.4 Å². The predicted molar refractivity (Wildman–Crippen MR) is 192 cm³/mol. The topological polar surface area (TPSA) is 87.0 Å². The van der Waals surface area contributed by atoms with Gasteiger partial charge < -0.3 is 20.1 Å². The molecule has 0 atom stereocenters. The standard InChI is InChI=1S/C41H66O5/c1-3-5-7-9-11-13-15-17-19-21-23-25-28-34-30-27-31-37(38(34)42)46-41(45)36-33-32-35(39(43)40(36)44)29-26-24-22-20-18-16-14-12-10-8-6-4-2/h27,30-33,42-44H,3-26,28-29H2,1-2H3. The lowest BCUT2D eigenvalue weighted by molar-refractivity contribution is 0.0725. The second-order valence-electron chi connectivity index (χ2n) is 13.4. The molecule has 2 rings (SSSR count). The minimum atomic E-state index is -0.803. The van der Waals surface area contributed by atoms with Gasteiger partial charge in [-0.25, -0.2) is 4.79 Å². The molecule has 3 N–H and O–H groups in total. The Morgan fingerprint density at radius 1 is 0.478 bits per heavy atom. The molecule has 0 aliphatic heterocycles. The molecule has 0 amide bonds. The minimum Gasteiger partial charge on any atom is -0.504 e.